The number of aryl methyl sites for hydroxylation is 4. The molecule has 2 heterocycles. The van der Waals surface area contributed by atoms with Gasteiger partial charge in [-0.05, 0) is 75.9 Å². The standard InChI is InChI=1S/C25H28FN3O2S/c1-17-4-12-23(13-5-17)32(30,31)29-22(11-15-25-27-18(2)16-19(3)28-25)10-14-24(29)20-6-8-21(26)9-7-20/h4-9,12-13,16,22,24H,10-11,14-15H2,1-3H3. The summed E-state index contributed by atoms with van der Waals surface area (Å²) >= 11 is 0. The lowest BCUT2D eigenvalue weighted by Crippen LogP contribution is -2.37. The minimum absolute atomic E-state index is 0.180. The van der Waals surface area contributed by atoms with Crippen molar-refractivity contribution < 1.29 is 12.8 Å². The van der Waals surface area contributed by atoms with E-state index < -0.39 is 10.0 Å². The molecule has 0 radical (unpaired) electrons. The molecule has 168 valence electrons. The van der Waals surface area contributed by atoms with Crippen LogP contribution in [-0.2, 0) is 16.4 Å². The van der Waals surface area contributed by atoms with E-state index in [4.69, 9.17) is 0 Å². The van der Waals surface area contributed by atoms with Gasteiger partial charge in [0.15, 0.2) is 0 Å². The van der Waals surface area contributed by atoms with Gasteiger partial charge in [-0.25, -0.2) is 22.8 Å². The molecule has 1 aromatic heterocycles. The van der Waals surface area contributed by atoms with Crippen LogP contribution in [-0.4, -0.2) is 28.7 Å². The minimum atomic E-state index is -3.73. The van der Waals surface area contributed by atoms with Crippen LogP contribution in [0.5, 0.6) is 0 Å². The largest absolute Gasteiger partial charge is 0.243 e. The maximum absolute atomic E-state index is 13.7. The summed E-state index contributed by atoms with van der Waals surface area (Å²) in [5, 5.41) is 0. The van der Waals surface area contributed by atoms with Crippen molar-refractivity contribution in [2.45, 2.75) is 63.4 Å². The predicted molar refractivity (Wildman–Crippen MR) is 122 cm³/mol. The van der Waals surface area contributed by atoms with E-state index in [-0.39, 0.29) is 22.8 Å². The number of benzene rings is 2. The van der Waals surface area contributed by atoms with Crippen molar-refractivity contribution in [2.24, 2.45) is 0 Å². The van der Waals surface area contributed by atoms with Crippen molar-refractivity contribution in [2.75, 3.05) is 0 Å². The molecular weight excluding hydrogens is 425 g/mol. The van der Waals surface area contributed by atoms with Crippen LogP contribution in [0.15, 0.2) is 59.5 Å². The Bertz CT molecular complexity index is 1170. The number of aromatic nitrogens is 2. The topological polar surface area (TPSA) is 63.2 Å². The normalized spacial score (nSPS) is 19.4. The molecular formula is C25H28FN3O2S. The van der Waals surface area contributed by atoms with Crippen molar-refractivity contribution in [1.29, 1.82) is 0 Å². The average Bonchev–Trinajstić information content (AvgIpc) is 3.17. The molecule has 1 aliphatic rings. The molecule has 2 unspecified atom stereocenters. The van der Waals surface area contributed by atoms with Gasteiger partial charge in [0.05, 0.1) is 10.9 Å². The molecule has 1 aliphatic heterocycles. The smallest absolute Gasteiger partial charge is 0.238 e. The highest BCUT2D eigenvalue weighted by Gasteiger charge is 2.42. The van der Waals surface area contributed by atoms with Gasteiger partial charge in [-0.15, -0.1) is 0 Å². The average molecular weight is 454 g/mol. The molecule has 5 nitrogen and oxygen atoms in total. The van der Waals surface area contributed by atoms with Crippen LogP contribution in [0.3, 0.4) is 0 Å². The monoisotopic (exact) mass is 453 g/mol. The quantitative estimate of drug-likeness (QED) is 0.523. The van der Waals surface area contributed by atoms with Crippen LogP contribution in [0.25, 0.3) is 0 Å². The van der Waals surface area contributed by atoms with Gasteiger partial charge in [-0.1, -0.05) is 29.8 Å². The highest BCUT2D eigenvalue weighted by atomic mass is 32.2. The van der Waals surface area contributed by atoms with Crippen LogP contribution >= 0.6 is 0 Å². The Kier molecular flexibility index (Phi) is 6.40. The molecule has 2 atom stereocenters. The summed E-state index contributed by atoms with van der Waals surface area (Å²) in [6, 6.07) is 14.5. The second kappa shape index (κ2) is 9.08. The van der Waals surface area contributed by atoms with Gasteiger partial charge in [0, 0.05) is 23.9 Å². The summed E-state index contributed by atoms with van der Waals surface area (Å²) < 4.78 is 42.6. The SMILES string of the molecule is Cc1ccc(S(=O)(=O)N2C(CCc3nc(C)cc(C)n3)CCC2c2ccc(F)cc2)cc1. The van der Waals surface area contributed by atoms with Crippen LogP contribution in [0.2, 0.25) is 0 Å². The van der Waals surface area contributed by atoms with Gasteiger partial charge in [0.2, 0.25) is 10.0 Å². The maximum Gasteiger partial charge on any atom is 0.243 e. The Morgan fingerprint density at radius 2 is 1.56 bits per heavy atom. The molecule has 0 saturated carbocycles. The van der Waals surface area contributed by atoms with Gasteiger partial charge < -0.3 is 0 Å². The summed E-state index contributed by atoms with van der Waals surface area (Å²) in [6.45, 7) is 5.80. The first-order valence-corrected chi connectivity index (χ1v) is 12.3. The minimum Gasteiger partial charge on any atom is -0.238 e. The molecule has 4 rings (SSSR count). The third-order valence-corrected chi connectivity index (χ3v) is 8.00. The van der Waals surface area contributed by atoms with Gasteiger partial charge >= 0.3 is 0 Å². The summed E-state index contributed by atoms with van der Waals surface area (Å²) in [7, 11) is -3.73. The number of hydrogen-bond donors (Lipinski definition) is 0. The molecule has 32 heavy (non-hydrogen) atoms. The Hall–Kier alpha value is -2.64. The van der Waals surface area contributed by atoms with Crippen molar-refractivity contribution in [1.82, 2.24) is 14.3 Å². The zero-order chi connectivity index (χ0) is 22.9. The number of sulfonamides is 1. The van der Waals surface area contributed by atoms with Crippen molar-refractivity contribution in [3.63, 3.8) is 0 Å². The Labute approximate surface area is 189 Å². The first-order valence-electron chi connectivity index (χ1n) is 10.9. The van der Waals surface area contributed by atoms with E-state index in [1.165, 1.54) is 12.1 Å². The predicted octanol–water partition coefficient (Wildman–Crippen LogP) is 5.07. The molecule has 2 aromatic carbocycles. The highest BCUT2D eigenvalue weighted by molar-refractivity contribution is 7.89. The Morgan fingerprint density at radius 3 is 2.19 bits per heavy atom. The Morgan fingerprint density at radius 1 is 0.938 bits per heavy atom. The third kappa shape index (κ3) is 4.74. The number of halogens is 1. The molecule has 1 fully saturated rings. The van der Waals surface area contributed by atoms with E-state index >= 15 is 0 Å². The zero-order valence-corrected chi connectivity index (χ0v) is 19.4. The van der Waals surface area contributed by atoms with Crippen molar-refractivity contribution in [3.05, 3.63) is 88.8 Å². The highest BCUT2D eigenvalue weighted by Crippen LogP contribution is 2.42. The van der Waals surface area contributed by atoms with E-state index in [0.29, 0.717) is 19.3 Å². The summed E-state index contributed by atoms with van der Waals surface area (Å²) in [6.07, 6.45) is 2.65. The van der Waals surface area contributed by atoms with E-state index in [1.54, 1.807) is 28.6 Å². The lowest BCUT2D eigenvalue weighted by atomic mass is 10.0. The lowest BCUT2D eigenvalue weighted by molar-refractivity contribution is 0.312. The fourth-order valence-electron chi connectivity index (χ4n) is 4.53. The molecule has 0 amide bonds. The van der Waals surface area contributed by atoms with Gasteiger partial charge in [-0.3, -0.25) is 0 Å². The second-order valence-electron chi connectivity index (χ2n) is 8.55. The van der Waals surface area contributed by atoms with Crippen LogP contribution in [0.4, 0.5) is 4.39 Å². The van der Waals surface area contributed by atoms with Crippen LogP contribution in [0, 0.1) is 26.6 Å². The van der Waals surface area contributed by atoms with E-state index in [1.807, 2.05) is 39.0 Å². The molecule has 0 N–H and O–H groups in total. The lowest BCUT2D eigenvalue weighted by Gasteiger charge is -2.30. The summed E-state index contributed by atoms with van der Waals surface area (Å²) in [4.78, 5) is 9.31. The first kappa shape index (κ1) is 22.6. The fraction of sp³-hybridized carbons (Fsp3) is 0.360. The summed E-state index contributed by atoms with van der Waals surface area (Å²) in [5.41, 5.74) is 3.63. The molecule has 0 aliphatic carbocycles. The third-order valence-electron chi connectivity index (χ3n) is 6.02. The second-order valence-corrected chi connectivity index (χ2v) is 10.4. The molecule has 3 aromatic rings. The van der Waals surface area contributed by atoms with Crippen molar-refractivity contribution in [3.8, 4) is 0 Å². The number of rotatable bonds is 6. The zero-order valence-electron chi connectivity index (χ0n) is 18.6. The molecule has 0 bridgehead atoms. The molecule has 1 saturated heterocycles. The summed E-state index contributed by atoms with van der Waals surface area (Å²) in [5.74, 6) is 0.406. The molecule has 0 spiro atoms. The number of hydrogen-bond acceptors (Lipinski definition) is 4. The van der Waals surface area contributed by atoms with E-state index in [2.05, 4.69) is 9.97 Å². The van der Waals surface area contributed by atoms with Gasteiger partial charge in [-0.2, -0.15) is 4.31 Å². The fourth-order valence-corrected chi connectivity index (χ4v) is 6.42. The van der Waals surface area contributed by atoms with E-state index in [0.717, 1.165) is 34.8 Å². The van der Waals surface area contributed by atoms with E-state index in [9.17, 15) is 12.8 Å². The first-order chi connectivity index (χ1) is 15.2. The van der Waals surface area contributed by atoms with Gasteiger partial charge in [0.1, 0.15) is 11.6 Å². The molecule has 7 heteroatoms. The number of nitrogens with zero attached hydrogens (tertiary/aromatic N) is 3. The Balaban J connectivity index is 1.67. The van der Waals surface area contributed by atoms with Crippen LogP contribution in [0.1, 0.15) is 53.6 Å². The maximum atomic E-state index is 13.7. The van der Waals surface area contributed by atoms with Crippen molar-refractivity contribution >= 4 is 10.0 Å². The van der Waals surface area contributed by atoms with Crippen LogP contribution < -0.4 is 0 Å². The van der Waals surface area contributed by atoms with Gasteiger partial charge in [0.25, 0.3) is 0 Å².